The second-order valence-corrected chi connectivity index (χ2v) is 1.81. The molecule has 1 aromatic rings. The van der Waals surface area contributed by atoms with Gasteiger partial charge in [0.1, 0.15) is 5.82 Å². The van der Waals surface area contributed by atoms with Gasteiger partial charge in [0.15, 0.2) is 0 Å². The third kappa shape index (κ3) is 3.75. The van der Waals surface area contributed by atoms with Crippen LogP contribution in [-0.4, -0.2) is 23.1 Å². The molecule has 1 aromatic heterocycles. The maximum Gasteiger partial charge on any atom is 0.144 e. The van der Waals surface area contributed by atoms with Gasteiger partial charge in [-0.15, -0.1) is 12.4 Å². The molecule has 0 amide bonds. The molecule has 0 aromatic carbocycles. The first kappa shape index (κ1) is 10.1. The largest absolute Gasteiger partial charge is 0.368 e. The molecule has 0 aliphatic heterocycles. The summed E-state index contributed by atoms with van der Waals surface area (Å²) in [4.78, 5) is 7.86. The molecule has 0 aliphatic carbocycles. The molecule has 0 unspecified atom stereocenters. The highest BCUT2D eigenvalue weighted by Crippen LogP contribution is 1.93. The average molecular weight is 175 g/mol. The fourth-order valence-electron chi connectivity index (χ4n) is 0.591. The van der Waals surface area contributed by atoms with E-state index in [0.717, 1.165) is 12.4 Å². The normalized spacial score (nSPS) is 8.45. The Morgan fingerprint density at radius 2 is 2.27 bits per heavy atom. The highest BCUT2D eigenvalue weighted by Gasteiger charge is 1.86. The summed E-state index contributed by atoms with van der Waals surface area (Å²) in [7, 11) is 0. The fraction of sp³-hybridized carbons (Fsp3) is 0.333. The van der Waals surface area contributed by atoms with Crippen molar-refractivity contribution in [2.45, 2.75) is 0 Å². The number of aromatic nitrogens is 2. The summed E-state index contributed by atoms with van der Waals surface area (Å²) in [6.45, 7) is 1.34. The van der Waals surface area contributed by atoms with Crippen molar-refractivity contribution >= 4 is 18.2 Å². The van der Waals surface area contributed by atoms with Crippen molar-refractivity contribution in [1.29, 1.82) is 0 Å². The Balaban J connectivity index is 0.000001000. The predicted octanol–water partition coefficient (Wildman–Crippen LogP) is 0.269. The van der Waals surface area contributed by atoms with Crippen molar-refractivity contribution in [3.63, 3.8) is 0 Å². The van der Waals surface area contributed by atoms with Gasteiger partial charge in [-0.05, 0) is 0 Å². The summed E-state index contributed by atoms with van der Waals surface area (Å²) >= 11 is 0. The molecule has 0 fully saturated rings. The molecule has 3 N–H and O–H groups in total. The van der Waals surface area contributed by atoms with Gasteiger partial charge in [-0.2, -0.15) is 0 Å². The zero-order valence-electron chi connectivity index (χ0n) is 6.03. The van der Waals surface area contributed by atoms with Gasteiger partial charge in [0.2, 0.25) is 0 Å². The van der Waals surface area contributed by atoms with Crippen molar-refractivity contribution < 1.29 is 0 Å². The minimum absolute atomic E-state index is 0. The van der Waals surface area contributed by atoms with Crippen LogP contribution in [0.4, 0.5) is 5.82 Å². The molecule has 0 saturated heterocycles. The first-order chi connectivity index (χ1) is 4.93. The van der Waals surface area contributed by atoms with E-state index in [2.05, 4.69) is 15.3 Å². The predicted molar refractivity (Wildman–Crippen MR) is 46.8 cm³/mol. The third-order valence-electron chi connectivity index (χ3n) is 1.01. The van der Waals surface area contributed by atoms with E-state index in [1.165, 1.54) is 0 Å². The Bertz CT molecular complexity index is 179. The van der Waals surface area contributed by atoms with Crippen LogP contribution in [0.15, 0.2) is 18.6 Å². The fourth-order valence-corrected chi connectivity index (χ4v) is 0.591. The Morgan fingerprint density at radius 1 is 1.45 bits per heavy atom. The van der Waals surface area contributed by atoms with Crippen molar-refractivity contribution in [2.75, 3.05) is 18.4 Å². The summed E-state index contributed by atoms with van der Waals surface area (Å²) < 4.78 is 0. The van der Waals surface area contributed by atoms with Gasteiger partial charge in [0, 0.05) is 25.5 Å². The van der Waals surface area contributed by atoms with Crippen molar-refractivity contribution in [2.24, 2.45) is 5.73 Å². The minimum Gasteiger partial charge on any atom is -0.368 e. The molecule has 4 nitrogen and oxygen atoms in total. The Kier molecular flexibility index (Phi) is 5.42. The molecule has 0 saturated carbocycles. The first-order valence-electron chi connectivity index (χ1n) is 3.13. The molecule has 0 radical (unpaired) electrons. The zero-order valence-corrected chi connectivity index (χ0v) is 6.84. The number of halogens is 1. The quantitative estimate of drug-likeness (QED) is 0.691. The van der Waals surface area contributed by atoms with E-state index >= 15 is 0 Å². The first-order valence-corrected chi connectivity index (χ1v) is 3.13. The van der Waals surface area contributed by atoms with Crippen LogP contribution < -0.4 is 11.1 Å². The Hall–Kier alpha value is -0.870. The van der Waals surface area contributed by atoms with Gasteiger partial charge in [-0.1, -0.05) is 0 Å². The van der Waals surface area contributed by atoms with Crippen molar-refractivity contribution in [1.82, 2.24) is 9.97 Å². The topological polar surface area (TPSA) is 63.8 Å². The molecule has 5 heteroatoms. The molecule has 62 valence electrons. The van der Waals surface area contributed by atoms with Gasteiger partial charge in [0.25, 0.3) is 0 Å². The summed E-state index contributed by atoms with van der Waals surface area (Å²) in [5, 5.41) is 3.00. The molecule has 0 bridgehead atoms. The zero-order chi connectivity index (χ0) is 7.23. The number of rotatable bonds is 3. The highest BCUT2D eigenvalue weighted by atomic mass is 35.5. The number of anilines is 1. The molecule has 11 heavy (non-hydrogen) atoms. The second-order valence-electron chi connectivity index (χ2n) is 1.81. The Labute approximate surface area is 71.6 Å². The van der Waals surface area contributed by atoms with Crippen LogP contribution in [0.1, 0.15) is 0 Å². The van der Waals surface area contributed by atoms with Crippen LogP contribution in [0.2, 0.25) is 0 Å². The van der Waals surface area contributed by atoms with Gasteiger partial charge in [0.05, 0.1) is 6.20 Å². The standard InChI is InChI=1S/C6H10N4.ClH/c7-1-2-9-6-5-8-3-4-10-6;/h3-5H,1-2,7H2,(H,9,10);1H. The molecule has 1 rings (SSSR count). The summed E-state index contributed by atoms with van der Waals surface area (Å²) in [5.41, 5.74) is 5.27. The number of hydrogen-bond acceptors (Lipinski definition) is 4. The van der Waals surface area contributed by atoms with E-state index in [1.54, 1.807) is 18.6 Å². The van der Waals surface area contributed by atoms with Gasteiger partial charge in [-0.3, -0.25) is 4.98 Å². The molecular formula is C6H11ClN4. The number of hydrogen-bond donors (Lipinski definition) is 2. The van der Waals surface area contributed by atoms with E-state index < -0.39 is 0 Å². The van der Waals surface area contributed by atoms with E-state index in [9.17, 15) is 0 Å². The summed E-state index contributed by atoms with van der Waals surface area (Å²) in [6.07, 6.45) is 4.93. The number of nitrogens with two attached hydrogens (primary N) is 1. The number of nitrogens with one attached hydrogen (secondary N) is 1. The lowest BCUT2D eigenvalue weighted by Crippen LogP contribution is -2.13. The average Bonchev–Trinajstić information content (AvgIpc) is 2.03. The lowest BCUT2D eigenvalue weighted by atomic mass is 10.6. The summed E-state index contributed by atoms with van der Waals surface area (Å²) in [5.74, 6) is 0.771. The van der Waals surface area contributed by atoms with E-state index in [1.807, 2.05) is 0 Å². The van der Waals surface area contributed by atoms with E-state index in [-0.39, 0.29) is 12.4 Å². The van der Waals surface area contributed by atoms with Crippen molar-refractivity contribution in [3.05, 3.63) is 18.6 Å². The minimum atomic E-state index is 0. The smallest absolute Gasteiger partial charge is 0.144 e. The molecule has 0 atom stereocenters. The third-order valence-corrected chi connectivity index (χ3v) is 1.01. The van der Waals surface area contributed by atoms with Crippen LogP contribution in [0, 0.1) is 0 Å². The molecule has 0 spiro atoms. The summed E-state index contributed by atoms with van der Waals surface area (Å²) in [6, 6.07) is 0. The maximum absolute atomic E-state index is 5.27. The molecule has 0 aliphatic rings. The second kappa shape index (κ2) is 5.88. The highest BCUT2D eigenvalue weighted by molar-refractivity contribution is 5.85. The van der Waals surface area contributed by atoms with Gasteiger partial charge in [-0.25, -0.2) is 4.98 Å². The SMILES string of the molecule is Cl.NCCNc1cnccn1. The van der Waals surface area contributed by atoms with E-state index in [0.29, 0.717) is 6.54 Å². The maximum atomic E-state index is 5.27. The van der Waals surface area contributed by atoms with Crippen LogP contribution >= 0.6 is 12.4 Å². The molecule has 1 heterocycles. The molecular weight excluding hydrogens is 164 g/mol. The van der Waals surface area contributed by atoms with Crippen LogP contribution in [0.5, 0.6) is 0 Å². The van der Waals surface area contributed by atoms with Crippen LogP contribution in [0.25, 0.3) is 0 Å². The van der Waals surface area contributed by atoms with Gasteiger partial charge >= 0.3 is 0 Å². The number of nitrogens with zero attached hydrogens (tertiary/aromatic N) is 2. The van der Waals surface area contributed by atoms with Crippen LogP contribution in [0.3, 0.4) is 0 Å². The van der Waals surface area contributed by atoms with Gasteiger partial charge < -0.3 is 11.1 Å². The van der Waals surface area contributed by atoms with Crippen molar-refractivity contribution in [3.8, 4) is 0 Å². The lowest BCUT2D eigenvalue weighted by Gasteiger charge is -1.99. The van der Waals surface area contributed by atoms with Crippen LogP contribution in [-0.2, 0) is 0 Å². The monoisotopic (exact) mass is 174 g/mol. The Morgan fingerprint density at radius 3 is 2.82 bits per heavy atom. The van der Waals surface area contributed by atoms with E-state index in [4.69, 9.17) is 5.73 Å². The lowest BCUT2D eigenvalue weighted by molar-refractivity contribution is 1.00.